The van der Waals surface area contributed by atoms with Gasteiger partial charge in [-0.1, -0.05) is 0 Å². The highest BCUT2D eigenvalue weighted by molar-refractivity contribution is 5.94. The summed E-state index contributed by atoms with van der Waals surface area (Å²) in [6.45, 7) is 2.30. The zero-order chi connectivity index (χ0) is 14.8. The molecule has 0 spiro atoms. The number of carbonyl (C=O) groups is 1. The summed E-state index contributed by atoms with van der Waals surface area (Å²) in [5.41, 5.74) is 5.80. The Morgan fingerprint density at radius 2 is 2.10 bits per heavy atom. The average Bonchev–Trinajstić information content (AvgIpc) is 3.00. The molecule has 3 heterocycles. The number of piperazine rings is 1. The minimum atomic E-state index is -0.283. The number of nitrogen functional groups attached to an aromatic ring is 1. The summed E-state index contributed by atoms with van der Waals surface area (Å²) in [7, 11) is 0. The summed E-state index contributed by atoms with van der Waals surface area (Å²) in [6, 6.07) is 3.05. The van der Waals surface area contributed by atoms with Crippen LogP contribution in [-0.2, 0) is 0 Å². The average molecular weight is 289 g/mol. The molecule has 2 aromatic rings. The lowest BCUT2D eigenvalue weighted by molar-refractivity contribution is 0.0746. The maximum atomic E-state index is 12.2. The van der Waals surface area contributed by atoms with Crippen LogP contribution in [0.25, 0.3) is 0 Å². The first-order valence-corrected chi connectivity index (χ1v) is 6.57. The smallest absolute Gasteiger partial charge is 0.257 e. The molecular formula is C13H15N5O3. The van der Waals surface area contributed by atoms with Gasteiger partial charge in [0.25, 0.3) is 11.5 Å². The number of furan rings is 1. The maximum Gasteiger partial charge on any atom is 0.257 e. The summed E-state index contributed by atoms with van der Waals surface area (Å²) < 4.78 is 4.92. The molecule has 8 heteroatoms. The quantitative estimate of drug-likeness (QED) is 0.799. The number of aromatic nitrogens is 2. The standard InChI is InChI=1S/C13H15N5O3/c14-13-15-10(7-11(19)16-13)17-2-4-18(5-3-17)12(20)9-1-6-21-8-9/h1,6-8H,2-5H2,(H3,14,15,16,19). The van der Waals surface area contributed by atoms with Crippen molar-refractivity contribution < 1.29 is 9.21 Å². The van der Waals surface area contributed by atoms with Gasteiger partial charge in [0.05, 0.1) is 11.8 Å². The Bertz CT molecular complexity index is 686. The van der Waals surface area contributed by atoms with Crippen LogP contribution in [0.1, 0.15) is 10.4 Å². The van der Waals surface area contributed by atoms with E-state index in [1.807, 2.05) is 4.90 Å². The summed E-state index contributed by atoms with van der Waals surface area (Å²) in [5.74, 6) is 0.572. The summed E-state index contributed by atoms with van der Waals surface area (Å²) in [5, 5.41) is 0. The number of nitrogens with one attached hydrogen (secondary N) is 1. The highest BCUT2D eigenvalue weighted by Crippen LogP contribution is 2.14. The first-order valence-electron chi connectivity index (χ1n) is 6.57. The van der Waals surface area contributed by atoms with E-state index in [2.05, 4.69) is 9.97 Å². The molecule has 1 saturated heterocycles. The summed E-state index contributed by atoms with van der Waals surface area (Å²) in [4.78, 5) is 33.8. The van der Waals surface area contributed by atoms with Gasteiger partial charge in [-0.05, 0) is 6.07 Å². The van der Waals surface area contributed by atoms with E-state index in [0.717, 1.165) is 0 Å². The van der Waals surface area contributed by atoms with Gasteiger partial charge in [-0.3, -0.25) is 14.6 Å². The van der Waals surface area contributed by atoms with E-state index >= 15 is 0 Å². The molecule has 2 aromatic heterocycles. The van der Waals surface area contributed by atoms with E-state index < -0.39 is 0 Å². The lowest BCUT2D eigenvalue weighted by atomic mass is 10.2. The van der Waals surface area contributed by atoms with Gasteiger partial charge in [0, 0.05) is 32.2 Å². The second-order valence-electron chi connectivity index (χ2n) is 4.78. The van der Waals surface area contributed by atoms with E-state index in [1.54, 1.807) is 11.0 Å². The van der Waals surface area contributed by atoms with Crippen molar-refractivity contribution in [1.29, 1.82) is 0 Å². The molecule has 0 atom stereocenters. The lowest BCUT2D eigenvalue weighted by Gasteiger charge is -2.35. The Hall–Kier alpha value is -2.77. The van der Waals surface area contributed by atoms with Crippen molar-refractivity contribution in [2.75, 3.05) is 36.8 Å². The van der Waals surface area contributed by atoms with Crippen molar-refractivity contribution >= 4 is 17.7 Å². The third kappa shape index (κ3) is 2.73. The van der Waals surface area contributed by atoms with Crippen LogP contribution in [0.15, 0.2) is 33.9 Å². The number of amides is 1. The molecule has 8 nitrogen and oxygen atoms in total. The first kappa shape index (κ1) is 13.2. The maximum absolute atomic E-state index is 12.2. The topological polar surface area (TPSA) is 108 Å². The van der Waals surface area contributed by atoms with Crippen LogP contribution in [0.2, 0.25) is 0 Å². The van der Waals surface area contributed by atoms with Crippen LogP contribution in [0.3, 0.4) is 0 Å². The van der Waals surface area contributed by atoms with Gasteiger partial charge >= 0.3 is 0 Å². The number of nitrogens with two attached hydrogens (primary N) is 1. The Kier molecular flexibility index (Phi) is 3.35. The molecule has 1 aliphatic heterocycles. The number of H-pyrrole nitrogens is 1. The fraction of sp³-hybridized carbons (Fsp3) is 0.308. The van der Waals surface area contributed by atoms with Crippen molar-refractivity contribution in [3.63, 3.8) is 0 Å². The molecule has 110 valence electrons. The zero-order valence-corrected chi connectivity index (χ0v) is 11.3. The predicted molar refractivity (Wildman–Crippen MR) is 76.1 cm³/mol. The third-order valence-electron chi connectivity index (χ3n) is 3.41. The number of hydrogen-bond acceptors (Lipinski definition) is 6. The SMILES string of the molecule is Nc1nc(N2CCN(C(=O)c3ccoc3)CC2)cc(=O)[nH]1. The second-order valence-corrected chi connectivity index (χ2v) is 4.78. The van der Waals surface area contributed by atoms with E-state index in [0.29, 0.717) is 37.6 Å². The van der Waals surface area contributed by atoms with Crippen LogP contribution < -0.4 is 16.2 Å². The number of carbonyl (C=O) groups excluding carboxylic acids is 1. The van der Waals surface area contributed by atoms with E-state index in [4.69, 9.17) is 10.2 Å². The molecule has 1 amide bonds. The van der Waals surface area contributed by atoms with Gasteiger partial charge in [-0.15, -0.1) is 0 Å². The van der Waals surface area contributed by atoms with Gasteiger partial charge in [-0.2, -0.15) is 4.98 Å². The number of anilines is 2. The van der Waals surface area contributed by atoms with Crippen LogP contribution >= 0.6 is 0 Å². The van der Waals surface area contributed by atoms with Crippen molar-refractivity contribution in [1.82, 2.24) is 14.9 Å². The molecule has 1 aliphatic rings. The van der Waals surface area contributed by atoms with Crippen molar-refractivity contribution in [3.05, 3.63) is 40.6 Å². The highest BCUT2D eigenvalue weighted by Gasteiger charge is 2.23. The van der Waals surface area contributed by atoms with E-state index in [1.165, 1.54) is 18.6 Å². The fourth-order valence-corrected chi connectivity index (χ4v) is 2.33. The molecule has 0 saturated carbocycles. The third-order valence-corrected chi connectivity index (χ3v) is 3.41. The molecule has 0 radical (unpaired) electrons. The molecule has 0 unspecified atom stereocenters. The Morgan fingerprint density at radius 3 is 2.71 bits per heavy atom. The fourth-order valence-electron chi connectivity index (χ4n) is 2.33. The van der Waals surface area contributed by atoms with Gasteiger partial charge in [0.1, 0.15) is 12.1 Å². The number of nitrogens with zero attached hydrogens (tertiary/aromatic N) is 3. The lowest BCUT2D eigenvalue weighted by Crippen LogP contribution is -2.49. The highest BCUT2D eigenvalue weighted by atomic mass is 16.3. The largest absolute Gasteiger partial charge is 0.472 e. The van der Waals surface area contributed by atoms with Crippen molar-refractivity contribution in [3.8, 4) is 0 Å². The second kappa shape index (κ2) is 5.31. The Balaban J connectivity index is 1.67. The minimum Gasteiger partial charge on any atom is -0.472 e. The summed E-state index contributed by atoms with van der Waals surface area (Å²) >= 11 is 0. The number of rotatable bonds is 2. The van der Waals surface area contributed by atoms with Gasteiger partial charge in [-0.25, -0.2) is 0 Å². The number of aromatic amines is 1. The Morgan fingerprint density at radius 1 is 1.33 bits per heavy atom. The first-order chi connectivity index (χ1) is 10.1. The monoisotopic (exact) mass is 289 g/mol. The van der Waals surface area contributed by atoms with Gasteiger partial charge in [0.2, 0.25) is 5.95 Å². The molecule has 0 aliphatic carbocycles. The van der Waals surface area contributed by atoms with E-state index in [9.17, 15) is 9.59 Å². The molecule has 3 N–H and O–H groups in total. The van der Waals surface area contributed by atoms with Crippen LogP contribution in [-0.4, -0.2) is 47.0 Å². The molecule has 1 fully saturated rings. The molecule has 3 rings (SSSR count). The van der Waals surface area contributed by atoms with Crippen LogP contribution in [0, 0.1) is 0 Å². The van der Waals surface area contributed by atoms with Gasteiger partial charge < -0.3 is 20.0 Å². The summed E-state index contributed by atoms with van der Waals surface area (Å²) in [6.07, 6.45) is 2.92. The predicted octanol–water partition coefficient (Wildman–Crippen LogP) is -0.0925. The molecule has 21 heavy (non-hydrogen) atoms. The molecule has 0 aromatic carbocycles. The normalized spacial score (nSPS) is 15.2. The zero-order valence-electron chi connectivity index (χ0n) is 11.3. The van der Waals surface area contributed by atoms with Crippen LogP contribution in [0.4, 0.5) is 11.8 Å². The molecular weight excluding hydrogens is 274 g/mol. The molecule has 0 bridgehead atoms. The van der Waals surface area contributed by atoms with E-state index in [-0.39, 0.29) is 17.4 Å². The van der Waals surface area contributed by atoms with Crippen LogP contribution in [0.5, 0.6) is 0 Å². The minimum absolute atomic E-state index is 0.0539. The Labute approximate surface area is 120 Å². The van der Waals surface area contributed by atoms with Crippen molar-refractivity contribution in [2.45, 2.75) is 0 Å². The van der Waals surface area contributed by atoms with Gasteiger partial charge in [0.15, 0.2) is 0 Å². The number of hydrogen-bond donors (Lipinski definition) is 2. The van der Waals surface area contributed by atoms with Crippen molar-refractivity contribution in [2.24, 2.45) is 0 Å².